The summed E-state index contributed by atoms with van der Waals surface area (Å²) in [6, 6.07) is 6.68. The second kappa shape index (κ2) is 7.78. The molecule has 24 heavy (non-hydrogen) atoms. The molecular weight excluding hydrogens is 350 g/mol. The highest BCUT2D eigenvalue weighted by molar-refractivity contribution is 7.92. The maximum Gasteiger partial charge on any atom is 0.239 e. The minimum atomic E-state index is -3.47. The number of nitrogens with two attached hydrogens (primary N) is 1. The van der Waals surface area contributed by atoms with Crippen molar-refractivity contribution >= 4 is 38.9 Å². The van der Waals surface area contributed by atoms with Crippen molar-refractivity contribution in [1.82, 2.24) is 9.97 Å². The van der Waals surface area contributed by atoms with Crippen molar-refractivity contribution in [1.29, 1.82) is 0 Å². The van der Waals surface area contributed by atoms with E-state index in [1.54, 1.807) is 24.3 Å². The predicted molar refractivity (Wildman–Crippen MR) is 96.1 cm³/mol. The van der Waals surface area contributed by atoms with Gasteiger partial charge in [-0.2, -0.15) is 4.98 Å². The van der Waals surface area contributed by atoms with Crippen molar-refractivity contribution < 1.29 is 8.42 Å². The molecule has 0 unspecified atom stereocenters. The highest BCUT2D eigenvalue weighted by Crippen LogP contribution is 2.31. The van der Waals surface area contributed by atoms with E-state index in [-0.39, 0.29) is 21.7 Å². The zero-order valence-electron chi connectivity index (χ0n) is 13.5. The van der Waals surface area contributed by atoms with Gasteiger partial charge in [0.15, 0.2) is 15.7 Å². The second-order valence-electron chi connectivity index (χ2n) is 5.14. The second-order valence-corrected chi connectivity index (χ2v) is 7.74. The van der Waals surface area contributed by atoms with Crippen molar-refractivity contribution in [2.45, 2.75) is 36.8 Å². The van der Waals surface area contributed by atoms with Crippen LogP contribution in [0.15, 0.2) is 35.4 Å². The van der Waals surface area contributed by atoms with Crippen LogP contribution in [0.25, 0.3) is 0 Å². The van der Waals surface area contributed by atoms with Gasteiger partial charge in [-0.15, -0.1) is 0 Å². The molecule has 0 aliphatic rings. The SMILES string of the molecule is CCC(CC)S(=O)(=O)c1ccccc1Nc1nc(NN)ncc1Cl. The minimum absolute atomic E-state index is 0.169. The van der Waals surface area contributed by atoms with Crippen LogP contribution in [-0.4, -0.2) is 23.6 Å². The van der Waals surface area contributed by atoms with Crippen LogP contribution in [0.2, 0.25) is 5.02 Å². The average Bonchev–Trinajstić information content (AvgIpc) is 2.58. The number of hydrogen-bond donors (Lipinski definition) is 3. The number of anilines is 3. The maximum absolute atomic E-state index is 12.9. The number of sulfone groups is 1. The fourth-order valence-corrected chi connectivity index (χ4v) is 4.45. The Balaban J connectivity index is 2.47. The first-order valence-electron chi connectivity index (χ1n) is 7.53. The van der Waals surface area contributed by atoms with Gasteiger partial charge in [0.2, 0.25) is 5.95 Å². The topological polar surface area (TPSA) is 110 Å². The van der Waals surface area contributed by atoms with Crippen molar-refractivity contribution in [2.75, 3.05) is 10.7 Å². The number of nitrogen functional groups attached to an aromatic ring is 1. The number of para-hydroxylation sites is 1. The van der Waals surface area contributed by atoms with E-state index in [1.165, 1.54) is 6.20 Å². The summed E-state index contributed by atoms with van der Waals surface area (Å²) < 4.78 is 25.8. The highest BCUT2D eigenvalue weighted by atomic mass is 35.5. The summed E-state index contributed by atoms with van der Waals surface area (Å²) in [5.41, 5.74) is 2.73. The van der Waals surface area contributed by atoms with Gasteiger partial charge >= 0.3 is 0 Å². The fourth-order valence-electron chi connectivity index (χ4n) is 2.38. The van der Waals surface area contributed by atoms with Crippen LogP contribution in [0.5, 0.6) is 0 Å². The van der Waals surface area contributed by atoms with Gasteiger partial charge in [-0.05, 0) is 25.0 Å². The van der Waals surface area contributed by atoms with Gasteiger partial charge in [0, 0.05) is 0 Å². The number of nitrogens with one attached hydrogen (secondary N) is 2. The first-order valence-corrected chi connectivity index (χ1v) is 9.45. The molecule has 1 aromatic heterocycles. The van der Waals surface area contributed by atoms with Gasteiger partial charge in [0.1, 0.15) is 5.02 Å². The molecule has 1 aromatic carbocycles. The lowest BCUT2D eigenvalue weighted by Gasteiger charge is -2.18. The zero-order chi connectivity index (χ0) is 17.7. The van der Waals surface area contributed by atoms with Crippen LogP contribution in [0.1, 0.15) is 26.7 Å². The lowest BCUT2D eigenvalue weighted by Crippen LogP contribution is -2.21. The third-order valence-corrected chi connectivity index (χ3v) is 6.46. The normalized spacial score (nSPS) is 11.5. The zero-order valence-corrected chi connectivity index (χ0v) is 15.0. The number of rotatable bonds is 7. The van der Waals surface area contributed by atoms with E-state index >= 15 is 0 Å². The molecule has 0 saturated carbocycles. The van der Waals surface area contributed by atoms with Gasteiger partial charge in [0.05, 0.1) is 22.0 Å². The molecule has 0 bridgehead atoms. The summed E-state index contributed by atoms with van der Waals surface area (Å²) in [5, 5.41) is 2.78. The first kappa shape index (κ1) is 18.4. The summed E-state index contributed by atoms with van der Waals surface area (Å²) in [6.45, 7) is 3.73. The molecule has 1 heterocycles. The molecule has 0 saturated heterocycles. The quantitative estimate of drug-likeness (QED) is 0.508. The number of hydrazine groups is 1. The molecule has 0 spiro atoms. The van der Waals surface area contributed by atoms with E-state index in [1.807, 2.05) is 13.8 Å². The summed E-state index contributed by atoms with van der Waals surface area (Å²) in [6.07, 6.45) is 2.47. The molecule has 130 valence electrons. The molecule has 0 aliphatic heterocycles. The number of halogens is 1. The molecule has 0 aliphatic carbocycles. The highest BCUT2D eigenvalue weighted by Gasteiger charge is 2.27. The van der Waals surface area contributed by atoms with Gasteiger partial charge in [-0.25, -0.2) is 19.2 Å². The molecule has 0 fully saturated rings. The molecule has 9 heteroatoms. The van der Waals surface area contributed by atoms with Crippen LogP contribution in [0, 0.1) is 0 Å². The average molecular weight is 370 g/mol. The van der Waals surface area contributed by atoms with Crippen molar-refractivity contribution in [3.63, 3.8) is 0 Å². The Kier molecular flexibility index (Phi) is 5.98. The maximum atomic E-state index is 12.9. The largest absolute Gasteiger partial charge is 0.338 e. The van der Waals surface area contributed by atoms with E-state index in [0.717, 1.165) is 0 Å². The number of hydrogen-bond acceptors (Lipinski definition) is 7. The van der Waals surface area contributed by atoms with Gasteiger partial charge in [-0.1, -0.05) is 37.6 Å². The Hall–Kier alpha value is -1.90. The molecule has 0 atom stereocenters. The Bertz CT molecular complexity index is 809. The number of aromatic nitrogens is 2. The molecule has 2 aromatic rings. The fraction of sp³-hybridized carbons (Fsp3) is 0.333. The molecule has 2 rings (SSSR count). The Morgan fingerprint density at radius 3 is 2.54 bits per heavy atom. The van der Waals surface area contributed by atoms with E-state index < -0.39 is 15.1 Å². The van der Waals surface area contributed by atoms with Crippen molar-refractivity contribution in [2.24, 2.45) is 5.84 Å². The molecule has 0 radical (unpaired) electrons. The van der Waals surface area contributed by atoms with Crippen molar-refractivity contribution in [3.8, 4) is 0 Å². The number of nitrogens with zero attached hydrogens (tertiary/aromatic N) is 2. The van der Waals surface area contributed by atoms with Gasteiger partial charge in [0.25, 0.3) is 0 Å². The lowest BCUT2D eigenvalue weighted by molar-refractivity contribution is 0.572. The molecule has 0 amide bonds. The van der Waals surface area contributed by atoms with E-state index in [0.29, 0.717) is 18.5 Å². The lowest BCUT2D eigenvalue weighted by atomic mass is 10.3. The standard InChI is InChI=1S/C15H20ClN5O2S/c1-3-10(4-2)24(22,23)13-8-6-5-7-12(13)19-14-11(16)9-18-15(20-14)21-17/h5-10H,3-4,17H2,1-2H3,(H2,18,19,20,21). The van der Waals surface area contributed by atoms with Gasteiger partial charge < -0.3 is 5.32 Å². The van der Waals surface area contributed by atoms with Crippen LogP contribution >= 0.6 is 11.6 Å². The van der Waals surface area contributed by atoms with E-state index in [9.17, 15) is 8.42 Å². The van der Waals surface area contributed by atoms with E-state index in [4.69, 9.17) is 17.4 Å². The van der Waals surface area contributed by atoms with Crippen molar-refractivity contribution in [3.05, 3.63) is 35.5 Å². The Labute approximate surface area is 146 Å². The minimum Gasteiger partial charge on any atom is -0.338 e. The Morgan fingerprint density at radius 2 is 1.92 bits per heavy atom. The van der Waals surface area contributed by atoms with E-state index in [2.05, 4.69) is 20.7 Å². The third-order valence-electron chi connectivity index (χ3n) is 3.67. The summed E-state index contributed by atoms with van der Waals surface area (Å²) in [4.78, 5) is 8.22. The monoisotopic (exact) mass is 369 g/mol. The third kappa shape index (κ3) is 3.77. The predicted octanol–water partition coefficient (Wildman–Crippen LogP) is 3.12. The summed E-state index contributed by atoms with van der Waals surface area (Å²) in [7, 11) is -3.47. The summed E-state index contributed by atoms with van der Waals surface area (Å²) >= 11 is 6.08. The first-order chi connectivity index (χ1) is 11.4. The van der Waals surface area contributed by atoms with Crippen LogP contribution < -0.4 is 16.6 Å². The van der Waals surface area contributed by atoms with Gasteiger partial charge in [-0.3, -0.25) is 5.43 Å². The van der Waals surface area contributed by atoms with Crippen LogP contribution in [-0.2, 0) is 9.84 Å². The molecule has 7 nitrogen and oxygen atoms in total. The smallest absolute Gasteiger partial charge is 0.239 e. The Morgan fingerprint density at radius 1 is 1.25 bits per heavy atom. The van der Waals surface area contributed by atoms with Crippen LogP contribution in [0.3, 0.4) is 0 Å². The van der Waals surface area contributed by atoms with Crippen LogP contribution in [0.4, 0.5) is 17.5 Å². The summed E-state index contributed by atoms with van der Waals surface area (Å²) in [5.74, 6) is 5.73. The molecule has 4 N–H and O–H groups in total. The molecular formula is C15H20ClN5O2S. The number of benzene rings is 1.